The van der Waals surface area contributed by atoms with Gasteiger partial charge in [0.05, 0.1) is 11.7 Å². The number of rotatable bonds is 3. The van der Waals surface area contributed by atoms with Gasteiger partial charge in [-0.3, -0.25) is 4.98 Å². The van der Waals surface area contributed by atoms with Crippen molar-refractivity contribution in [1.29, 1.82) is 0 Å². The lowest BCUT2D eigenvalue weighted by Gasteiger charge is -2.22. The number of halogens is 2. The van der Waals surface area contributed by atoms with Crippen LogP contribution in [0.15, 0.2) is 45.5 Å². The van der Waals surface area contributed by atoms with Crippen LogP contribution in [0, 0.1) is 0 Å². The van der Waals surface area contributed by atoms with Crippen LogP contribution in [-0.2, 0) is 5.41 Å². The Morgan fingerprint density at radius 3 is 2.19 bits per heavy atom. The Morgan fingerprint density at radius 1 is 1.10 bits per heavy atom. The maximum absolute atomic E-state index is 4.54. The van der Waals surface area contributed by atoms with Gasteiger partial charge >= 0.3 is 0 Å². The predicted molar refractivity (Wildman–Crippen MR) is 95.7 cm³/mol. The van der Waals surface area contributed by atoms with E-state index in [1.165, 1.54) is 11.1 Å². The fraction of sp³-hybridized carbons (Fsp3) is 0.353. The Hall–Kier alpha value is -0.710. The number of hydrogen-bond donors (Lipinski definition) is 1. The van der Waals surface area contributed by atoms with Crippen molar-refractivity contribution in [2.75, 3.05) is 7.05 Å². The van der Waals surface area contributed by atoms with E-state index in [2.05, 4.69) is 87.2 Å². The SMILES string of the molecule is CNC(c1ccc(C(C)(C)C)cc1)c1ncc(Br)cc1Br. The molecule has 0 aliphatic carbocycles. The summed E-state index contributed by atoms with van der Waals surface area (Å²) in [4.78, 5) is 4.54. The summed E-state index contributed by atoms with van der Waals surface area (Å²) in [6, 6.07) is 10.9. The van der Waals surface area contributed by atoms with Crippen LogP contribution in [0.25, 0.3) is 0 Å². The summed E-state index contributed by atoms with van der Waals surface area (Å²) in [5.74, 6) is 0. The van der Waals surface area contributed by atoms with Gasteiger partial charge in [-0.05, 0) is 61.5 Å². The number of nitrogens with zero attached hydrogens (tertiary/aromatic N) is 1. The van der Waals surface area contributed by atoms with E-state index in [1.807, 2.05) is 19.3 Å². The molecular formula is C17H20Br2N2. The summed E-state index contributed by atoms with van der Waals surface area (Å²) in [7, 11) is 1.96. The topological polar surface area (TPSA) is 24.9 Å². The molecular weight excluding hydrogens is 392 g/mol. The molecule has 2 rings (SSSR count). The zero-order valence-corrected chi connectivity index (χ0v) is 15.9. The summed E-state index contributed by atoms with van der Waals surface area (Å²) in [5, 5.41) is 3.35. The van der Waals surface area contributed by atoms with Gasteiger partial charge in [0, 0.05) is 15.1 Å². The molecule has 0 amide bonds. The summed E-state index contributed by atoms with van der Waals surface area (Å²) >= 11 is 7.04. The van der Waals surface area contributed by atoms with E-state index in [-0.39, 0.29) is 11.5 Å². The van der Waals surface area contributed by atoms with Crippen LogP contribution < -0.4 is 5.32 Å². The molecule has 0 aliphatic rings. The lowest BCUT2D eigenvalue weighted by molar-refractivity contribution is 0.588. The van der Waals surface area contributed by atoms with Gasteiger partial charge in [-0.15, -0.1) is 0 Å². The molecule has 1 aromatic heterocycles. The number of benzene rings is 1. The normalized spacial score (nSPS) is 13.2. The second kappa shape index (κ2) is 6.59. The first-order chi connectivity index (χ1) is 9.82. The minimum Gasteiger partial charge on any atom is -0.308 e. The molecule has 0 saturated carbocycles. The molecule has 1 heterocycles. The standard InChI is InChI=1S/C17H20Br2N2/c1-17(2,3)12-7-5-11(6-8-12)15(20-4)16-14(19)9-13(18)10-21-16/h5-10,15,20H,1-4H3. The molecule has 2 nitrogen and oxygen atoms in total. The van der Waals surface area contributed by atoms with E-state index >= 15 is 0 Å². The van der Waals surface area contributed by atoms with Crippen molar-refractivity contribution < 1.29 is 0 Å². The molecule has 1 aromatic carbocycles. The molecule has 112 valence electrons. The maximum Gasteiger partial charge on any atom is 0.0761 e. The molecule has 0 saturated heterocycles. The van der Waals surface area contributed by atoms with Crippen molar-refractivity contribution >= 4 is 31.9 Å². The second-order valence-corrected chi connectivity index (χ2v) is 7.88. The number of aromatic nitrogens is 1. The van der Waals surface area contributed by atoms with Gasteiger partial charge in [0.2, 0.25) is 0 Å². The monoisotopic (exact) mass is 410 g/mol. The van der Waals surface area contributed by atoms with Gasteiger partial charge in [0.25, 0.3) is 0 Å². The Bertz CT molecular complexity index is 616. The highest BCUT2D eigenvalue weighted by atomic mass is 79.9. The third kappa shape index (κ3) is 3.93. The molecule has 0 aliphatic heterocycles. The summed E-state index contributed by atoms with van der Waals surface area (Å²) in [6.45, 7) is 6.68. The Balaban J connectivity index is 2.37. The zero-order valence-electron chi connectivity index (χ0n) is 12.7. The number of pyridine rings is 1. The molecule has 2 aromatic rings. The lowest BCUT2D eigenvalue weighted by Crippen LogP contribution is -2.20. The van der Waals surface area contributed by atoms with E-state index in [4.69, 9.17) is 0 Å². The van der Waals surface area contributed by atoms with Gasteiger partial charge in [0.15, 0.2) is 0 Å². The van der Waals surface area contributed by atoms with Gasteiger partial charge in [0.1, 0.15) is 0 Å². The third-order valence-corrected chi connectivity index (χ3v) is 4.58. The fourth-order valence-electron chi connectivity index (χ4n) is 2.27. The first-order valence-corrected chi connectivity index (χ1v) is 8.50. The number of hydrogen-bond acceptors (Lipinski definition) is 2. The minimum absolute atomic E-state index is 0.0708. The molecule has 0 fully saturated rings. The average Bonchev–Trinajstić information content (AvgIpc) is 2.41. The van der Waals surface area contributed by atoms with Crippen molar-refractivity contribution in [3.8, 4) is 0 Å². The molecule has 1 unspecified atom stereocenters. The first-order valence-electron chi connectivity index (χ1n) is 6.91. The highest BCUT2D eigenvalue weighted by Crippen LogP contribution is 2.30. The molecule has 1 atom stereocenters. The van der Waals surface area contributed by atoms with E-state index in [1.54, 1.807) is 0 Å². The minimum atomic E-state index is 0.0708. The van der Waals surface area contributed by atoms with Crippen LogP contribution in [0.4, 0.5) is 0 Å². The highest BCUT2D eigenvalue weighted by molar-refractivity contribution is 9.11. The van der Waals surface area contributed by atoms with Crippen molar-refractivity contribution in [2.24, 2.45) is 0 Å². The van der Waals surface area contributed by atoms with Crippen molar-refractivity contribution in [1.82, 2.24) is 10.3 Å². The highest BCUT2D eigenvalue weighted by Gasteiger charge is 2.18. The molecule has 1 N–H and O–H groups in total. The van der Waals surface area contributed by atoms with Crippen LogP contribution >= 0.6 is 31.9 Å². The summed E-state index contributed by atoms with van der Waals surface area (Å²) < 4.78 is 1.96. The van der Waals surface area contributed by atoms with Crippen molar-refractivity contribution in [3.63, 3.8) is 0 Å². The summed E-state index contributed by atoms with van der Waals surface area (Å²) in [5.41, 5.74) is 3.71. The zero-order chi connectivity index (χ0) is 15.6. The Labute approximate surface area is 143 Å². The third-order valence-electron chi connectivity index (χ3n) is 3.51. The van der Waals surface area contributed by atoms with Gasteiger partial charge in [-0.25, -0.2) is 0 Å². The quantitative estimate of drug-likeness (QED) is 0.749. The van der Waals surface area contributed by atoms with Crippen molar-refractivity contribution in [3.05, 3.63) is 62.3 Å². The Morgan fingerprint density at radius 2 is 1.71 bits per heavy atom. The van der Waals surface area contributed by atoms with Gasteiger partial charge in [-0.2, -0.15) is 0 Å². The van der Waals surface area contributed by atoms with Crippen molar-refractivity contribution in [2.45, 2.75) is 32.2 Å². The maximum atomic E-state index is 4.54. The smallest absolute Gasteiger partial charge is 0.0761 e. The van der Waals surface area contributed by atoms with Gasteiger partial charge in [-0.1, -0.05) is 45.0 Å². The van der Waals surface area contributed by atoms with E-state index in [0.29, 0.717) is 0 Å². The van der Waals surface area contributed by atoms with Crippen LogP contribution in [-0.4, -0.2) is 12.0 Å². The Kier molecular flexibility index (Phi) is 5.23. The van der Waals surface area contributed by atoms with Crippen LogP contribution in [0.3, 0.4) is 0 Å². The molecule has 0 radical (unpaired) electrons. The largest absolute Gasteiger partial charge is 0.308 e. The predicted octanol–water partition coefficient (Wildman–Crippen LogP) is 5.21. The molecule has 4 heteroatoms. The van der Waals surface area contributed by atoms with E-state index < -0.39 is 0 Å². The number of nitrogens with one attached hydrogen (secondary N) is 1. The molecule has 21 heavy (non-hydrogen) atoms. The van der Waals surface area contributed by atoms with Crippen LogP contribution in [0.2, 0.25) is 0 Å². The lowest BCUT2D eigenvalue weighted by atomic mass is 9.86. The van der Waals surface area contributed by atoms with E-state index in [9.17, 15) is 0 Å². The van der Waals surface area contributed by atoms with Crippen LogP contribution in [0.5, 0.6) is 0 Å². The summed E-state index contributed by atoms with van der Waals surface area (Å²) in [6.07, 6.45) is 1.83. The molecule has 0 spiro atoms. The average molecular weight is 412 g/mol. The second-order valence-electron chi connectivity index (χ2n) is 6.11. The fourth-order valence-corrected chi connectivity index (χ4v) is 3.49. The van der Waals surface area contributed by atoms with Gasteiger partial charge < -0.3 is 5.32 Å². The first kappa shape index (κ1) is 16.7. The molecule has 0 bridgehead atoms. The van der Waals surface area contributed by atoms with E-state index in [0.717, 1.165) is 14.6 Å². The van der Waals surface area contributed by atoms with Crippen LogP contribution in [0.1, 0.15) is 43.6 Å².